The van der Waals surface area contributed by atoms with Gasteiger partial charge in [-0.1, -0.05) is 109 Å². The Bertz CT molecular complexity index is 1980. The molecule has 0 bridgehead atoms. The van der Waals surface area contributed by atoms with Gasteiger partial charge in [-0.25, -0.2) is 0 Å². The Kier molecular flexibility index (Phi) is 4.29. The molecule has 2 heterocycles. The van der Waals surface area contributed by atoms with Gasteiger partial charge in [0.25, 0.3) is 0 Å². The van der Waals surface area contributed by atoms with Crippen molar-refractivity contribution in [3.05, 3.63) is 138 Å². The van der Waals surface area contributed by atoms with Crippen LogP contribution in [0.4, 0.5) is 5.88 Å². The van der Waals surface area contributed by atoms with Crippen molar-refractivity contribution in [2.75, 3.05) is 5.32 Å². The van der Waals surface area contributed by atoms with E-state index in [0.717, 1.165) is 39.3 Å². The summed E-state index contributed by atoms with van der Waals surface area (Å²) in [6.07, 6.45) is -0.228. The van der Waals surface area contributed by atoms with Crippen LogP contribution >= 0.6 is 0 Å². The lowest BCUT2D eigenvalue weighted by Gasteiger charge is -2.23. The summed E-state index contributed by atoms with van der Waals surface area (Å²) < 4.78 is 6.32. The van der Waals surface area contributed by atoms with Crippen LogP contribution in [0, 0.1) is 0 Å². The van der Waals surface area contributed by atoms with Crippen LogP contribution in [0.1, 0.15) is 22.9 Å². The number of aliphatic imine (C=N–C) groups is 1. The zero-order chi connectivity index (χ0) is 24.3. The highest BCUT2D eigenvalue weighted by Crippen LogP contribution is 2.40. The molecule has 8 rings (SSSR count). The quantitative estimate of drug-likeness (QED) is 0.254. The first-order valence-electron chi connectivity index (χ1n) is 12.6. The largest absolute Gasteiger partial charge is 0.440 e. The summed E-state index contributed by atoms with van der Waals surface area (Å²) in [5, 5.41) is 12.2. The molecule has 37 heavy (non-hydrogen) atoms. The van der Waals surface area contributed by atoms with Gasteiger partial charge in [-0.15, -0.1) is 0 Å². The molecule has 6 aromatic carbocycles. The zero-order valence-corrected chi connectivity index (χ0v) is 20.0. The number of rotatable bonds is 2. The van der Waals surface area contributed by atoms with Crippen molar-refractivity contribution in [2.24, 2.45) is 4.99 Å². The molecule has 1 aliphatic heterocycles. The number of fused-ring (bicyclic) bond motifs is 9. The lowest BCUT2D eigenvalue weighted by atomic mass is 9.91. The van der Waals surface area contributed by atoms with Crippen molar-refractivity contribution in [1.29, 1.82) is 0 Å². The third kappa shape index (κ3) is 3.04. The molecule has 174 valence electrons. The number of anilines is 1. The predicted octanol–water partition coefficient (Wildman–Crippen LogP) is 8.85. The van der Waals surface area contributed by atoms with Gasteiger partial charge in [0.1, 0.15) is 11.7 Å². The fourth-order valence-electron chi connectivity index (χ4n) is 5.80. The topological polar surface area (TPSA) is 37.5 Å². The zero-order valence-electron chi connectivity index (χ0n) is 20.0. The van der Waals surface area contributed by atoms with E-state index in [1.165, 1.54) is 32.3 Å². The summed E-state index contributed by atoms with van der Waals surface area (Å²) in [6, 6.07) is 42.7. The normalized spacial score (nSPS) is 15.1. The number of benzene rings is 6. The molecule has 1 aromatic heterocycles. The van der Waals surface area contributed by atoms with Gasteiger partial charge in [-0.05, 0) is 50.0 Å². The maximum atomic E-state index is 6.32. The first-order chi connectivity index (χ1) is 18.3. The second kappa shape index (κ2) is 7.81. The lowest BCUT2D eigenvalue weighted by molar-refractivity contribution is 0.609. The van der Waals surface area contributed by atoms with Gasteiger partial charge in [0.05, 0.1) is 11.3 Å². The third-order valence-corrected chi connectivity index (χ3v) is 7.49. The van der Waals surface area contributed by atoms with Crippen LogP contribution in [0.5, 0.6) is 0 Å². The number of nitrogens with one attached hydrogen (secondary N) is 1. The van der Waals surface area contributed by atoms with Crippen molar-refractivity contribution >= 4 is 54.9 Å². The van der Waals surface area contributed by atoms with E-state index in [9.17, 15) is 0 Å². The summed E-state index contributed by atoms with van der Waals surface area (Å²) in [5.41, 5.74) is 5.02. The van der Waals surface area contributed by atoms with Crippen molar-refractivity contribution in [3.63, 3.8) is 0 Å². The van der Waals surface area contributed by atoms with Crippen LogP contribution in [0.15, 0.2) is 131 Å². The molecule has 0 radical (unpaired) electrons. The van der Waals surface area contributed by atoms with Gasteiger partial charge in [-0.2, -0.15) is 0 Å². The van der Waals surface area contributed by atoms with E-state index in [2.05, 4.69) is 96.3 Å². The molecule has 1 unspecified atom stereocenters. The van der Waals surface area contributed by atoms with Crippen LogP contribution in [0.3, 0.4) is 0 Å². The van der Waals surface area contributed by atoms with E-state index < -0.39 is 0 Å². The molecule has 0 spiro atoms. The molecule has 0 aliphatic carbocycles. The minimum absolute atomic E-state index is 0.228. The van der Waals surface area contributed by atoms with Gasteiger partial charge >= 0.3 is 0 Å². The summed E-state index contributed by atoms with van der Waals surface area (Å²) in [6.45, 7) is 0. The number of hydrogen-bond donors (Lipinski definition) is 1. The summed E-state index contributed by atoms with van der Waals surface area (Å²) >= 11 is 0. The first-order valence-corrected chi connectivity index (χ1v) is 12.6. The highest BCUT2D eigenvalue weighted by Gasteiger charge is 2.28. The number of furan rings is 1. The first kappa shape index (κ1) is 20.3. The Balaban J connectivity index is 1.43. The molecule has 3 heteroatoms. The molecule has 7 aromatic rings. The van der Waals surface area contributed by atoms with E-state index in [4.69, 9.17) is 9.41 Å². The average molecular weight is 475 g/mol. The van der Waals surface area contributed by atoms with Crippen molar-refractivity contribution in [2.45, 2.75) is 6.17 Å². The smallest absolute Gasteiger partial charge is 0.205 e. The van der Waals surface area contributed by atoms with Crippen molar-refractivity contribution in [1.82, 2.24) is 0 Å². The van der Waals surface area contributed by atoms with Gasteiger partial charge in [0.15, 0.2) is 0 Å². The summed E-state index contributed by atoms with van der Waals surface area (Å²) in [5.74, 6) is 0.767. The van der Waals surface area contributed by atoms with E-state index in [1.807, 2.05) is 30.3 Å². The average Bonchev–Trinajstić information content (AvgIpc) is 3.36. The molecular weight excluding hydrogens is 452 g/mol. The molecule has 0 saturated carbocycles. The fraction of sp³-hybridized carbons (Fsp3) is 0.0294. The summed E-state index contributed by atoms with van der Waals surface area (Å²) in [7, 11) is 0. The lowest BCUT2D eigenvalue weighted by Crippen LogP contribution is -2.19. The molecule has 1 N–H and O–H groups in total. The van der Waals surface area contributed by atoms with Crippen LogP contribution in [0.2, 0.25) is 0 Å². The van der Waals surface area contributed by atoms with E-state index in [-0.39, 0.29) is 6.17 Å². The van der Waals surface area contributed by atoms with Crippen molar-refractivity contribution < 1.29 is 4.42 Å². The van der Waals surface area contributed by atoms with E-state index >= 15 is 0 Å². The number of para-hydroxylation sites is 1. The van der Waals surface area contributed by atoms with E-state index in [1.54, 1.807) is 0 Å². The van der Waals surface area contributed by atoms with Crippen LogP contribution in [0.25, 0.3) is 43.3 Å². The highest BCUT2D eigenvalue weighted by atomic mass is 16.4. The Morgan fingerprint density at radius 2 is 1.11 bits per heavy atom. The maximum Gasteiger partial charge on any atom is 0.205 e. The van der Waals surface area contributed by atoms with Crippen LogP contribution < -0.4 is 5.32 Å². The second-order valence-corrected chi connectivity index (χ2v) is 9.59. The van der Waals surface area contributed by atoms with Gasteiger partial charge in [-0.3, -0.25) is 4.99 Å². The Hall–Kier alpha value is -4.89. The monoisotopic (exact) mass is 474 g/mol. The standard InChI is InChI=1S/C34H22N2O/c1-2-10-21(11-3-1)33-35-32(31-28-16-8-9-17-30(28)37-34(31)36-33)22-18-19-27-25-14-5-4-12-23(25)24-13-6-7-15-26(24)29(27)20-22/h1-20,33,36H. The van der Waals surface area contributed by atoms with Gasteiger partial charge in [0.2, 0.25) is 5.88 Å². The molecule has 1 atom stereocenters. The predicted molar refractivity (Wildman–Crippen MR) is 154 cm³/mol. The van der Waals surface area contributed by atoms with Crippen LogP contribution in [-0.2, 0) is 0 Å². The van der Waals surface area contributed by atoms with E-state index in [0.29, 0.717) is 0 Å². The number of hydrogen-bond acceptors (Lipinski definition) is 3. The highest BCUT2D eigenvalue weighted by molar-refractivity contribution is 6.28. The molecular formula is C34H22N2O. The maximum absolute atomic E-state index is 6.32. The SMILES string of the molecule is c1ccc(C2N=C(c3ccc4c5ccccc5c5ccccc5c4c3)c3c(oc4ccccc34)N2)cc1. The van der Waals surface area contributed by atoms with Crippen LogP contribution in [-0.4, -0.2) is 5.71 Å². The minimum Gasteiger partial charge on any atom is -0.440 e. The molecule has 1 aliphatic rings. The minimum atomic E-state index is -0.228. The molecule has 0 fully saturated rings. The summed E-state index contributed by atoms with van der Waals surface area (Å²) in [4.78, 5) is 5.28. The second-order valence-electron chi connectivity index (χ2n) is 9.59. The molecule has 3 nitrogen and oxygen atoms in total. The molecule has 0 amide bonds. The Morgan fingerprint density at radius 3 is 1.81 bits per heavy atom. The fourth-order valence-corrected chi connectivity index (χ4v) is 5.80. The van der Waals surface area contributed by atoms with Gasteiger partial charge in [0, 0.05) is 10.9 Å². The number of nitrogens with zero attached hydrogens (tertiary/aromatic N) is 1. The third-order valence-electron chi connectivity index (χ3n) is 7.49. The molecule has 0 saturated heterocycles. The van der Waals surface area contributed by atoms with Crippen molar-refractivity contribution in [3.8, 4) is 0 Å². The Morgan fingerprint density at radius 1 is 0.541 bits per heavy atom. The van der Waals surface area contributed by atoms with Gasteiger partial charge < -0.3 is 9.73 Å². The Labute approximate surface area is 213 Å².